The molecule has 5 rings (SSSR count). The molecule has 0 spiro atoms. The summed E-state index contributed by atoms with van der Waals surface area (Å²) in [6.07, 6.45) is 5.85. The standard InChI is InChI=1S/C30H37N7O3/c1-6-40-29(38)21-16-32-30(34-28(21)22-18-37(4)25-12-8-7-11-20(22)25)33-24-14-23(31)26(15-27(24)39-5)36(3)17-19-10-9-13-35(19)2/h7-8,11-12,14-16,18-19H,6,9-10,13,17,31H2,1-5H3,(H,32,33,34)/t19-/m1/s1. The number of aromatic nitrogens is 3. The zero-order chi connectivity index (χ0) is 28.4. The summed E-state index contributed by atoms with van der Waals surface area (Å²) < 4.78 is 13.1. The molecule has 1 aliphatic heterocycles. The Morgan fingerprint density at radius 3 is 2.77 bits per heavy atom. The number of esters is 1. The first kappa shape index (κ1) is 27.3. The zero-order valence-corrected chi connectivity index (χ0v) is 23.8. The van der Waals surface area contributed by atoms with Crippen LogP contribution in [0.25, 0.3) is 22.2 Å². The van der Waals surface area contributed by atoms with Crippen molar-refractivity contribution in [3.8, 4) is 17.0 Å². The normalized spacial score (nSPS) is 15.4. The maximum Gasteiger partial charge on any atom is 0.341 e. The maximum atomic E-state index is 12.9. The quantitative estimate of drug-likeness (QED) is 0.230. The number of aryl methyl sites for hydroxylation is 1. The van der Waals surface area contributed by atoms with Gasteiger partial charge in [-0.3, -0.25) is 0 Å². The largest absolute Gasteiger partial charge is 0.494 e. The third-order valence-electron chi connectivity index (χ3n) is 7.60. The molecule has 1 aliphatic rings. The van der Waals surface area contributed by atoms with Gasteiger partial charge in [-0.25, -0.2) is 14.8 Å². The Kier molecular flexibility index (Phi) is 7.79. The maximum absolute atomic E-state index is 12.9. The fraction of sp³-hybridized carbons (Fsp3) is 0.367. The summed E-state index contributed by atoms with van der Waals surface area (Å²) in [7, 11) is 7.81. The van der Waals surface area contributed by atoms with Crippen molar-refractivity contribution in [3.63, 3.8) is 0 Å². The molecule has 3 N–H and O–H groups in total. The number of hydrogen-bond acceptors (Lipinski definition) is 9. The predicted octanol–water partition coefficient (Wildman–Crippen LogP) is 4.68. The summed E-state index contributed by atoms with van der Waals surface area (Å²) in [5.74, 6) is 0.446. The van der Waals surface area contributed by atoms with E-state index in [1.165, 1.54) is 19.0 Å². The summed E-state index contributed by atoms with van der Waals surface area (Å²) >= 11 is 0. The topological polar surface area (TPSA) is 111 Å². The molecule has 0 amide bonds. The van der Waals surface area contributed by atoms with Gasteiger partial charge < -0.3 is 34.9 Å². The highest BCUT2D eigenvalue weighted by Crippen LogP contribution is 2.38. The smallest absolute Gasteiger partial charge is 0.341 e. The van der Waals surface area contributed by atoms with Crippen molar-refractivity contribution in [2.45, 2.75) is 25.8 Å². The number of para-hydroxylation sites is 1. The predicted molar refractivity (Wildman–Crippen MR) is 160 cm³/mol. The number of hydrogen-bond donors (Lipinski definition) is 2. The second-order valence-electron chi connectivity index (χ2n) is 10.2. The number of likely N-dealkylation sites (N-methyl/N-ethyl adjacent to an activating group) is 2. The highest BCUT2D eigenvalue weighted by Gasteiger charge is 2.24. The minimum atomic E-state index is -0.473. The van der Waals surface area contributed by atoms with Crippen molar-refractivity contribution >= 4 is 39.9 Å². The number of ether oxygens (including phenoxy) is 2. The van der Waals surface area contributed by atoms with Crippen LogP contribution < -0.4 is 20.7 Å². The number of methoxy groups -OCH3 is 1. The Hall–Kier alpha value is -4.31. The van der Waals surface area contributed by atoms with E-state index in [0.717, 1.165) is 35.2 Å². The summed E-state index contributed by atoms with van der Waals surface area (Å²) in [5, 5.41) is 4.24. The number of nitrogens with one attached hydrogen (secondary N) is 1. The number of rotatable bonds is 9. The lowest BCUT2D eigenvalue weighted by molar-refractivity contribution is 0.0526. The molecule has 10 heteroatoms. The molecule has 10 nitrogen and oxygen atoms in total. The fourth-order valence-corrected chi connectivity index (χ4v) is 5.46. The van der Waals surface area contributed by atoms with Gasteiger partial charge in [-0.15, -0.1) is 0 Å². The van der Waals surface area contributed by atoms with E-state index < -0.39 is 5.97 Å². The Bertz CT molecular complexity index is 1530. The molecule has 210 valence electrons. The molecule has 3 heterocycles. The highest BCUT2D eigenvalue weighted by atomic mass is 16.5. The van der Waals surface area contributed by atoms with Gasteiger partial charge in [0.05, 0.1) is 36.5 Å². The van der Waals surface area contributed by atoms with Crippen LogP contribution in [0.2, 0.25) is 0 Å². The summed E-state index contributed by atoms with van der Waals surface area (Å²) in [6, 6.07) is 12.3. The van der Waals surface area contributed by atoms with Crippen LogP contribution >= 0.6 is 0 Å². The molecule has 0 saturated carbocycles. The molecular formula is C30H37N7O3. The molecule has 0 unspecified atom stereocenters. The summed E-state index contributed by atoms with van der Waals surface area (Å²) in [5.41, 5.74) is 11.3. The molecule has 0 bridgehead atoms. The van der Waals surface area contributed by atoms with Crippen LogP contribution in [0.4, 0.5) is 23.0 Å². The minimum absolute atomic E-state index is 0.252. The van der Waals surface area contributed by atoms with Crippen molar-refractivity contribution in [3.05, 3.63) is 54.4 Å². The number of nitrogens with two attached hydrogens (primary N) is 1. The van der Waals surface area contributed by atoms with Crippen LogP contribution in [0, 0.1) is 0 Å². The average molecular weight is 544 g/mol. The Labute approximate surface area is 234 Å². The number of carbonyl (C=O) groups is 1. The van der Waals surface area contributed by atoms with Gasteiger partial charge in [0.25, 0.3) is 0 Å². The van der Waals surface area contributed by atoms with Crippen LogP contribution in [-0.4, -0.2) is 72.3 Å². The van der Waals surface area contributed by atoms with E-state index in [2.05, 4.69) is 34.2 Å². The van der Waals surface area contributed by atoms with Crippen molar-refractivity contribution in [2.24, 2.45) is 7.05 Å². The first-order valence-electron chi connectivity index (χ1n) is 13.5. The average Bonchev–Trinajstić information content (AvgIpc) is 3.51. The molecule has 0 radical (unpaired) electrons. The number of benzene rings is 2. The SMILES string of the molecule is CCOC(=O)c1cnc(Nc2cc(N)c(N(C)C[C@H]3CCCN3C)cc2OC)nc1-c1cn(C)c2ccccc12. The second kappa shape index (κ2) is 11.4. The van der Waals surface area contributed by atoms with Crippen LogP contribution in [0.3, 0.4) is 0 Å². The third kappa shape index (κ3) is 5.27. The van der Waals surface area contributed by atoms with E-state index in [1.54, 1.807) is 14.0 Å². The minimum Gasteiger partial charge on any atom is -0.494 e. The molecule has 40 heavy (non-hydrogen) atoms. The number of fused-ring (bicyclic) bond motifs is 1. The first-order valence-corrected chi connectivity index (χ1v) is 13.5. The molecule has 4 aromatic rings. The van der Waals surface area contributed by atoms with Gasteiger partial charge in [0.1, 0.15) is 11.3 Å². The molecular weight excluding hydrogens is 506 g/mol. The van der Waals surface area contributed by atoms with Crippen molar-refractivity contribution < 1.29 is 14.3 Å². The molecule has 2 aromatic carbocycles. The lowest BCUT2D eigenvalue weighted by Gasteiger charge is -2.29. The number of nitrogens with zero attached hydrogens (tertiary/aromatic N) is 5. The van der Waals surface area contributed by atoms with Crippen molar-refractivity contribution in [1.29, 1.82) is 0 Å². The third-order valence-corrected chi connectivity index (χ3v) is 7.60. The summed E-state index contributed by atoms with van der Waals surface area (Å²) in [4.78, 5) is 26.7. The fourth-order valence-electron chi connectivity index (χ4n) is 5.46. The van der Waals surface area contributed by atoms with Crippen molar-refractivity contribution in [1.82, 2.24) is 19.4 Å². The van der Waals surface area contributed by atoms with Gasteiger partial charge in [-0.05, 0) is 45.5 Å². The number of anilines is 4. The summed E-state index contributed by atoms with van der Waals surface area (Å²) in [6.45, 7) is 4.03. The van der Waals surface area contributed by atoms with Gasteiger partial charge in [0.15, 0.2) is 0 Å². The zero-order valence-electron chi connectivity index (χ0n) is 23.8. The lowest BCUT2D eigenvalue weighted by Crippen LogP contribution is -2.36. The monoisotopic (exact) mass is 543 g/mol. The van der Waals surface area contributed by atoms with E-state index in [1.807, 2.05) is 54.2 Å². The molecule has 0 aliphatic carbocycles. The van der Waals surface area contributed by atoms with Gasteiger partial charge in [0, 0.05) is 61.6 Å². The van der Waals surface area contributed by atoms with Crippen LogP contribution in [-0.2, 0) is 11.8 Å². The van der Waals surface area contributed by atoms with Gasteiger partial charge in [-0.2, -0.15) is 0 Å². The first-order chi connectivity index (χ1) is 19.3. The molecule has 1 fully saturated rings. The Balaban J connectivity index is 1.50. The Morgan fingerprint density at radius 2 is 2.05 bits per heavy atom. The number of carbonyl (C=O) groups excluding carboxylic acids is 1. The van der Waals surface area contributed by atoms with Gasteiger partial charge >= 0.3 is 5.97 Å². The molecule has 1 saturated heterocycles. The van der Waals surface area contributed by atoms with Crippen molar-refractivity contribution in [2.75, 3.05) is 56.9 Å². The van der Waals surface area contributed by atoms with E-state index in [-0.39, 0.29) is 6.61 Å². The van der Waals surface area contributed by atoms with Crippen LogP contribution in [0.5, 0.6) is 5.75 Å². The number of likely N-dealkylation sites (tertiary alicyclic amines) is 1. The second-order valence-corrected chi connectivity index (χ2v) is 10.2. The number of nitrogen functional groups attached to an aromatic ring is 1. The van der Waals surface area contributed by atoms with Gasteiger partial charge in [0.2, 0.25) is 5.95 Å². The van der Waals surface area contributed by atoms with Crippen LogP contribution in [0.1, 0.15) is 30.1 Å². The van der Waals surface area contributed by atoms with E-state index in [4.69, 9.17) is 20.2 Å². The van der Waals surface area contributed by atoms with E-state index >= 15 is 0 Å². The Morgan fingerprint density at radius 1 is 1.25 bits per heavy atom. The van der Waals surface area contributed by atoms with Gasteiger partial charge in [-0.1, -0.05) is 18.2 Å². The molecule has 2 aromatic heterocycles. The lowest BCUT2D eigenvalue weighted by atomic mass is 10.1. The van der Waals surface area contributed by atoms with E-state index in [9.17, 15) is 4.79 Å². The highest BCUT2D eigenvalue weighted by molar-refractivity contribution is 6.03. The molecule has 1 atom stereocenters. The van der Waals surface area contributed by atoms with Crippen LogP contribution in [0.15, 0.2) is 48.8 Å². The van der Waals surface area contributed by atoms with E-state index in [0.29, 0.717) is 40.4 Å².